The summed E-state index contributed by atoms with van der Waals surface area (Å²) in [5, 5.41) is 7.68. The summed E-state index contributed by atoms with van der Waals surface area (Å²) in [5.41, 5.74) is 2.34. The highest BCUT2D eigenvalue weighted by Crippen LogP contribution is 2.04. The summed E-state index contributed by atoms with van der Waals surface area (Å²) in [6.07, 6.45) is 4.68. The van der Waals surface area contributed by atoms with Gasteiger partial charge < -0.3 is 9.73 Å². The largest absolute Gasteiger partial charge is 0.469 e. The monoisotopic (exact) mass is 219 g/mol. The molecule has 2 heterocycles. The first-order chi connectivity index (χ1) is 7.75. The Balaban J connectivity index is 1.74. The summed E-state index contributed by atoms with van der Waals surface area (Å²) < 4.78 is 7.10. The maximum Gasteiger partial charge on any atom is 0.105 e. The highest BCUT2D eigenvalue weighted by molar-refractivity contribution is 5.14. The molecular weight excluding hydrogens is 202 g/mol. The van der Waals surface area contributed by atoms with Gasteiger partial charge in [-0.1, -0.05) is 0 Å². The van der Waals surface area contributed by atoms with Crippen LogP contribution in [0.2, 0.25) is 0 Å². The van der Waals surface area contributed by atoms with Gasteiger partial charge in [0.05, 0.1) is 12.0 Å². The second-order valence-corrected chi connectivity index (χ2v) is 3.92. The lowest BCUT2D eigenvalue weighted by atomic mass is 10.2. The molecule has 0 aliphatic carbocycles. The van der Waals surface area contributed by atoms with Crippen molar-refractivity contribution in [2.45, 2.75) is 19.9 Å². The first-order valence-corrected chi connectivity index (χ1v) is 5.48. The maximum absolute atomic E-state index is 5.26. The van der Waals surface area contributed by atoms with Gasteiger partial charge in [0.15, 0.2) is 0 Å². The lowest BCUT2D eigenvalue weighted by Crippen LogP contribution is -2.16. The van der Waals surface area contributed by atoms with Crippen molar-refractivity contribution in [3.05, 3.63) is 41.6 Å². The Morgan fingerprint density at radius 1 is 1.50 bits per heavy atom. The predicted octanol–water partition coefficient (Wildman–Crippen LogP) is 1.65. The molecule has 4 nitrogen and oxygen atoms in total. The van der Waals surface area contributed by atoms with Gasteiger partial charge in [-0.15, -0.1) is 0 Å². The molecule has 0 fully saturated rings. The summed E-state index contributed by atoms with van der Waals surface area (Å²) in [5.74, 6) is 1.02. The number of hydrogen-bond donors (Lipinski definition) is 1. The molecule has 0 saturated carbocycles. The number of rotatable bonds is 5. The van der Waals surface area contributed by atoms with E-state index in [9.17, 15) is 0 Å². The number of hydrogen-bond acceptors (Lipinski definition) is 3. The second-order valence-electron chi connectivity index (χ2n) is 3.92. The van der Waals surface area contributed by atoms with Crippen molar-refractivity contribution in [2.24, 2.45) is 7.05 Å². The van der Waals surface area contributed by atoms with E-state index < -0.39 is 0 Å². The molecule has 4 heteroatoms. The molecule has 0 atom stereocenters. The van der Waals surface area contributed by atoms with Crippen molar-refractivity contribution < 1.29 is 4.42 Å². The summed E-state index contributed by atoms with van der Waals surface area (Å²) in [7, 11) is 1.94. The quantitative estimate of drug-likeness (QED) is 0.778. The molecule has 86 valence electrons. The molecule has 0 unspecified atom stereocenters. The van der Waals surface area contributed by atoms with Crippen LogP contribution in [0.3, 0.4) is 0 Å². The zero-order valence-electron chi connectivity index (χ0n) is 9.73. The van der Waals surface area contributed by atoms with E-state index in [0.29, 0.717) is 0 Å². The highest BCUT2D eigenvalue weighted by Gasteiger charge is 2.02. The fraction of sp³-hybridized carbons (Fsp3) is 0.417. The lowest BCUT2D eigenvalue weighted by Gasteiger charge is -2.01. The van der Waals surface area contributed by atoms with Crippen molar-refractivity contribution in [1.29, 1.82) is 0 Å². The topological polar surface area (TPSA) is 43.0 Å². The van der Waals surface area contributed by atoms with Crippen LogP contribution in [0.25, 0.3) is 0 Å². The zero-order chi connectivity index (χ0) is 11.4. The third kappa shape index (κ3) is 2.73. The van der Waals surface area contributed by atoms with Gasteiger partial charge in [-0.05, 0) is 19.1 Å². The van der Waals surface area contributed by atoms with E-state index in [2.05, 4.69) is 16.6 Å². The van der Waals surface area contributed by atoms with E-state index >= 15 is 0 Å². The van der Waals surface area contributed by atoms with Crippen LogP contribution in [-0.2, 0) is 20.0 Å². The van der Waals surface area contributed by atoms with Gasteiger partial charge in [0.25, 0.3) is 0 Å². The van der Waals surface area contributed by atoms with Crippen molar-refractivity contribution in [2.75, 3.05) is 6.54 Å². The van der Waals surface area contributed by atoms with Crippen molar-refractivity contribution in [1.82, 2.24) is 15.1 Å². The van der Waals surface area contributed by atoms with Gasteiger partial charge in [0.2, 0.25) is 0 Å². The van der Waals surface area contributed by atoms with Crippen molar-refractivity contribution in [3.63, 3.8) is 0 Å². The average molecular weight is 219 g/mol. The SMILES string of the molecule is Cc1nn(C)cc1CNCCc1ccco1. The third-order valence-electron chi connectivity index (χ3n) is 2.56. The zero-order valence-corrected chi connectivity index (χ0v) is 9.73. The molecule has 1 N–H and O–H groups in total. The molecule has 16 heavy (non-hydrogen) atoms. The Hall–Kier alpha value is -1.55. The van der Waals surface area contributed by atoms with E-state index in [1.54, 1.807) is 6.26 Å². The van der Waals surface area contributed by atoms with Crippen LogP contribution in [-0.4, -0.2) is 16.3 Å². The van der Waals surface area contributed by atoms with Gasteiger partial charge in [-0.3, -0.25) is 4.68 Å². The van der Waals surface area contributed by atoms with Crippen LogP contribution < -0.4 is 5.32 Å². The fourth-order valence-electron chi connectivity index (χ4n) is 1.71. The van der Waals surface area contributed by atoms with Crippen LogP contribution in [0.1, 0.15) is 17.0 Å². The number of aromatic nitrogens is 2. The van der Waals surface area contributed by atoms with Gasteiger partial charge in [0.1, 0.15) is 5.76 Å². The number of furan rings is 1. The Kier molecular flexibility index (Phi) is 3.41. The molecule has 0 aliphatic heterocycles. The van der Waals surface area contributed by atoms with E-state index in [1.165, 1.54) is 5.56 Å². The summed E-state index contributed by atoms with van der Waals surface area (Å²) in [4.78, 5) is 0. The molecule has 0 saturated heterocycles. The van der Waals surface area contributed by atoms with Crippen LogP contribution in [0.15, 0.2) is 29.0 Å². The normalized spacial score (nSPS) is 10.9. The summed E-state index contributed by atoms with van der Waals surface area (Å²) in [6.45, 7) is 3.81. The minimum atomic E-state index is 0.861. The lowest BCUT2D eigenvalue weighted by molar-refractivity contribution is 0.498. The molecule has 0 aromatic carbocycles. The average Bonchev–Trinajstić information content (AvgIpc) is 2.84. The Bertz CT molecular complexity index is 431. The standard InChI is InChI=1S/C12H17N3O/c1-10-11(9-15(2)14-10)8-13-6-5-12-4-3-7-16-12/h3-4,7,9,13H,5-6,8H2,1-2H3. The number of nitrogens with one attached hydrogen (secondary N) is 1. The van der Waals surface area contributed by atoms with E-state index in [0.717, 1.165) is 31.0 Å². The van der Waals surface area contributed by atoms with Gasteiger partial charge in [-0.25, -0.2) is 0 Å². The Labute approximate surface area is 95.3 Å². The summed E-state index contributed by atoms with van der Waals surface area (Å²) >= 11 is 0. The van der Waals surface area contributed by atoms with Gasteiger partial charge >= 0.3 is 0 Å². The Morgan fingerprint density at radius 2 is 2.38 bits per heavy atom. The molecule has 2 rings (SSSR count). The molecule has 0 aliphatic rings. The molecule has 2 aromatic rings. The minimum Gasteiger partial charge on any atom is -0.469 e. The number of nitrogens with zero attached hydrogens (tertiary/aromatic N) is 2. The first kappa shape index (κ1) is 11.0. The molecule has 0 radical (unpaired) electrons. The Morgan fingerprint density at radius 3 is 3.00 bits per heavy atom. The van der Waals surface area contributed by atoms with Crippen molar-refractivity contribution >= 4 is 0 Å². The van der Waals surface area contributed by atoms with Crippen LogP contribution >= 0.6 is 0 Å². The number of aryl methyl sites for hydroxylation is 2. The second kappa shape index (κ2) is 4.99. The van der Waals surface area contributed by atoms with E-state index in [4.69, 9.17) is 4.42 Å². The van der Waals surface area contributed by atoms with E-state index in [-0.39, 0.29) is 0 Å². The third-order valence-corrected chi connectivity index (χ3v) is 2.56. The minimum absolute atomic E-state index is 0.861. The molecule has 2 aromatic heterocycles. The van der Waals surface area contributed by atoms with Crippen LogP contribution in [0, 0.1) is 6.92 Å². The van der Waals surface area contributed by atoms with Crippen LogP contribution in [0.4, 0.5) is 0 Å². The molecule has 0 spiro atoms. The predicted molar refractivity (Wildman–Crippen MR) is 62.1 cm³/mol. The molecule has 0 bridgehead atoms. The van der Waals surface area contributed by atoms with Gasteiger partial charge in [-0.2, -0.15) is 5.10 Å². The summed E-state index contributed by atoms with van der Waals surface area (Å²) in [6, 6.07) is 3.91. The maximum atomic E-state index is 5.26. The van der Waals surface area contributed by atoms with Crippen LogP contribution in [0.5, 0.6) is 0 Å². The fourth-order valence-corrected chi connectivity index (χ4v) is 1.71. The van der Waals surface area contributed by atoms with E-state index in [1.807, 2.05) is 30.8 Å². The van der Waals surface area contributed by atoms with Crippen molar-refractivity contribution in [3.8, 4) is 0 Å². The molecule has 0 amide bonds. The molecular formula is C12H17N3O. The first-order valence-electron chi connectivity index (χ1n) is 5.48. The smallest absolute Gasteiger partial charge is 0.105 e. The van der Waals surface area contributed by atoms with Gasteiger partial charge in [0, 0.05) is 38.3 Å². The highest BCUT2D eigenvalue weighted by atomic mass is 16.3.